The number of amides is 1. The Bertz CT molecular complexity index is 937. The highest BCUT2D eigenvalue weighted by molar-refractivity contribution is 7.22. The van der Waals surface area contributed by atoms with E-state index in [0.29, 0.717) is 23.1 Å². The standard InChI is InChI=1S/C19H25N5O2S.ClH/c1-13(2)24-14(9-10-20-24)18(25)23(12-11-22(3)4)19-21-17-15(26-5)7-6-8-16(17)27-19;/h6-10,13H,11-12H2,1-5H3;1H. The van der Waals surface area contributed by atoms with E-state index < -0.39 is 0 Å². The lowest BCUT2D eigenvalue weighted by atomic mass is 10.3. The van der Waals surface area contributed by atoms with E-state index in [1.54, 1.807) is 29.0 Å². The van der Waals surface area contributed by atoms with Crippen LogP contribution in [0.3, 0.4) is 0 Å². The van der Waals surface area contributed by atoms with Gasteiger partial charge in [-0.1, -0.05) is 17.4 Å². The maximum absolute atomic E-state index is 13.4. The molecule has 0 unspecified atom stereocenters. The van der Waals surface area contributed by atoms with E-state index in [4.69, 9.17) is 9.72 Å². The molecule has 1 amide bonds. The largest absolute Gasteiger partial charge is 0.494 e. The molecule has 152 valence electrons. The van der Waals surface area contributed by atoms with Crippen molar-refractivity contribution < 1.29 is 9.53 Å². The maximum atomic E-state index is 13.4. The van der Waals surface area contributed by atoms with Gasteiger partial charge in [-0.05, 0) is 46.1 Å². The molecule has 9 heteroatoms. The molecule has 3 rings (SSSR count). The topological polar surface area (TPSA) is 63.5 Å². The number of benzene rings is 1. The first-order chi connectivity index (χ1) is 12.9. The van der Waals surface area contributed by atoms with Crippen LogP contribution in [0.2, 0.25) is 0 Å². The second-order valence-electron chi connectivity index (χ2n) is 6.82. The van der Waals surface area contributed by atoms with Crippen molar-refractivity contribution in [3.8, 4) is 5.75 Å². The van der Waals surface area contributed by atoms with Gasteiger partial charge >= 0.3 is 0 Å². The summed E-state index contributed by atoms with van der Waals surface area (Å²) in [4.78, 5) is 21.9. The van der Waals surface area contributed by atoms with Gasteiger partial charge in [0.2, 0.25) is 0 Å². The first kappa shape index (κ1) is 22.1. The number of anilines is 1. The lowest BCUT2D eigenvalue weighted by Crippen LogP contribution is -2.38. The molecule has 2 heterocycles. The third kappa shape index (κ3) is 4.45. The first-order valence-corrected chi connectivity index (χ1v) is 9.67. The molecule has 0 saturated heterocycles. The molecule has 0 aliphatic rings. The molecule has 7 nitrogen and oxygen atoms in total. The summed E-state index contributed by atoms with van der Waals surface area (Å²) in [5, 5.41) is 4.96. The summed E-state index contributed by atoms with van der Waals surface area (Å²) in [6, 6.07) is 7.67. The van der Waals surface area contributed by atoms with E-state index in [-0.39, 0.29) is 24.4 Å². The molecule has 0 aliphatic carbocycles. The zero-order chi connectivity index (χ0) is 19.6. The summed E-state index contributed by atoms with van der Waals surface area (Å²) in [6.45, 7) is 5.29. The van der Waals surface area contributed by atoms with Gasteiger partial charge in [-0.3, -0.25) is 14.4 Å². The number of rotatable bonds is 7. The molecule has 0 spiro atoms. The van der Waals surface area contributed by atoms with Crippen molar-refractivity contribution in [1.82, 2.24) is 19.7 Å². The Morgan fingerprint density at radius 3 is 2.64 bits per heavy atom. The molecular formula is C19H26ClN5O2S. The maximum Gasteiger partial charge on any atom is 0.278 e. The minimum Gasteiger partial charge on any atom is -0.494 e. The fraction of sp³-hybridized carbons (Fsp3) is 0.421. The average molecular weight is 424 g/mol. The Morgan fingerprint density at radius 2 is 2.00 bits per heavy atom. The number of fused-ring (bicyclic) bond motifs is 1. The molecular weight excluding hydrogens is 398 g/mol. The normalized spacial score (nSPS) is 11.1. The predicted octanol–water partition coefficient (Wildman–Crippen LogP) is 3.71. The molecule has 1 aromatic carbocycles. The van der Waals surface area contributed by atoms with E-state index in [1.807, 2.05) is 51.0 Å². The fourth-order valence-electron chi connectivity index (χ4n) is 2.81. The van der Waals surface area contributed by atoms with Gasteiger partial charge in [0.05, 0.1) is 11.8 Å². The number of likely N-dealkylation sites (N-methyl/N-ethyl adjacent to an activating group) is 1. The first-order valence-electron chi connectivity index (χ1n) is 8.86. The van der Waals surface area contributed by atoms with E-state index >= 15 is 0 Å². The summed E-state index contributed by atoms with van der Waals surface area (Å²) in [6.07, 6.45) is 1.67. The van der Waals surface area contributed by atoms with Crippen molar-refractivity contribution in [2.24, 2.45) is 0 Å². The van der Waals surface area contributed by atoms with Crippen LogP contribution >= 0.6 is 23.7 Å². The van der Waals surface area contributed by atoms with Crippen LogP contribution in [-0.2, 0) is 0 Å². The highest BCUT2D eigenvalue weighted by atomic mass is 35.5. The van der Waals surface area contributed by atoms with Gasteiger partial charge in [0.15, 0.2) is 5.13 Å². The average Bonchev–Trinajstić information content (AvgIpc) is 3.28. The lowest BCUT2D eigenvalue weighted by Gasteiger charge is -2.22. The smallest absolute Gasteiger partial charge is 0.278 e. The number of thiazole rings is 1. The van der Waals surface area contributed by atoms with Gasteiger partial charge in [0.1, 0.15) is 17.0 Å². The van der Waals surface area contributed by atoms with Crippen LogP contribution in [0.5, 0.6) is 5.75 Å². The van der Waals surface area contributed by atoms with Crippen molar-refractivity contribution in [3.05, 3.63) is 36.2 Å². The lowest BCUT2D eigenvalue weighted by molar-refractivity contribution is 0.0973. The highest BCUT2D eigenvalue weighted by Gasteiger charge is 2.25. The van der Waals surface area contributed by atoms with Gasteiger partial charge in [-0.15, -0.1) is 12.4 Å². The zero-order valence-electron chi connectivity index (χ0n) is 16.7. The predicted molar refractivity (Wildman–Crippen MR) is 116 cm³/mol. The summed E-state index contributed by atoms with van der Waals surface area (Å²) in [5.41, 5.74) is 1.34. The number of hydrogen-bond donors (Lipinski definition) is 0. The van der Waals surface area contributed by atoms with Crippen LogP contribution in [-0.4, -0.2) is 59.9 Å². The van der Waals surface area contributed by atoms with Gasteiger partial charge in [0.25, 0.3) is 5.91 Å². The van der Waals surface area contributed by atoms with E-state index in [2.05, 4.69) is 5.10 Å². The number of ether oxygens (including phenoxy) is 1. The number of carbonyl (C=O) groups excluding carboxylic acids is 1. The quantitative estimate of drug-likeness (QED) is 0.579. The molecule has 28 heavy (non-hydrogen) atoms. The van der Waals surface area contributed by atoms with Crippen molar-refractivity contribution in [3.63, 3.8) is 0 Å². The Hall–Kier alpha value is -2.16. The number of aromatic nitrogens is 3. The summed E-state index contributed by atoms with van der Waals surface area (Å²) in [5.74, 6) is 0.614. The van der Waals surface area contributed by atoms with Crippen molar-refractivity contribution in [1.29, 1.82) is 0 Å². The van der Waals surface area contributed by atoms with E-state index in [9.17, 15) is 4.79 Å². The molecule has 0 atom stereocenters. The third-order valence-electron chi connectivity index (χ3n) is 4.22. The number of halogens is 1. The molecule has 3 aromatic rings. The van der Waals surface area contributed by atoms with Gasteiger partial charge in [-0.2, -0.15) is 5.10 Å². The van der Waals surface area contributed by atoms with Crippen LogP contribution in [0.25, 0.3) is 10.2 Å². The van der Waals surface area contributed by atoms with Crippen LogP contribution in [0.1, 0.15) is 30.4 Å². The number of nitrogens with zero attached hydrogens (tertiary/aromatic N) is 5. The second kappa shape index (κ2) is 9.36. The molecule has 0 bridgehead atoms. The van der Waals surface area contributed by atoms with Crippen molar-refractivity contribution in [2.45, 2.75) is 19.9 Å². The third-order valence-corrected chi connectivity index (χ3v) is 5.26. The van der Waals surface area contributed by atoms with Crippen molar-refractivity contribution in [2.75, 3.05) is 39.2 Å². The second-order valence-corrected chi connectivity index (χ2v) is 7.83. The molecule has 0 radical (unpaired) electrons. The number of para-hydroxylation sites is 1. The van der Waals surface area contributed by atoms with Gasteiger partial charge < -0.3 is 9.64 Å². The summed E-state index contributed by atoms with van der Waals surface area (Å²) >= 11 is 1.49. The molecule has 0 saturated carbocycles. The SMILES string of the molecule is COc1cccc2sc(N(CCN(C)C)C(=O)c3ccnn3C(C)C)nc12.Cl. The van der Waals surface area contributed by atoms with Crippen LogP contribution in [0, 0.1) is 0 Å². The Morgan fingerprint density at radius 1 is 1.25 bits per heavy atom. The Labute approximate surface area is 175 Å². The number of carbonyl (C=O) groups is 1. The summed E-state index contributed by atoms with van der Waals surface area (Å²) < 4.78 is 8.16. The van der Waals surface area contributed by atoms with Gasteiger partial charge in [0, 0.05) is 25.3 Å². The number of methoxy groups -OCH3 is 1. The minimum atomic E-state index is -0.0962. The van der Waals surface area contributed by atoms with Gasteiger partial charge in [-0.25, -0.2) is 4.98 Å². The van der Waals surface area contributed by atoms with Crippen LogP contribution in [0.15, 0.2) is 30.5 Å². The Balaban J connectivity index is 0.00000280. The zero-order valence-corrected chi connectivity index (χ0v) is 18.4. The highest BCUT2D eigenvalue weighted by Crippen LogP contribution is 2.34. The fourth-order valence-corrected chi connectivity index (χ4v) is 3.82. The molecule has 0 fully saturated rings. The molecule has 0 N–H and O–H groups in total. The van der Waals surface area contributed by atoms with Crippen LogP contribution in [0.4, 0.5) is 5.13 Å². The minimum absolute atomic E-state index is 0. The molecule has 0 aliphatic heterocycles. The van der Waals surface area contributed by atoms with Crippen molar-refractivity contribution >= 4 is 45.0 Å². The van der Waals surface area contributed by atoms with E-state index in [0.717, 1.165) is 16.8 Å². The molecule has 2 aromatic heterocycles. The number of hydrogen-bond acceptors (Lipinski definition) is 6. The van der Waals surface area contributed by atoms with Crippen LogP contribution < -0.4 is 9.64 Å². The Kier molecular flexibility index (Phi) is 7.40. The summed E-state index contributed by atoms with van der Waals surface area (Å²) in [7, 11) is 5.61. The monoisotopic (exact) mass is 423 g/mol. The van der Waals surface area contributed by atoms with E-state index in [1.165, 1.54) is 11.3 Å².